The van der Waals surface area contributed by atoms with Gasteiger partial charge in [0.05, 0.1) is 14.2 Å². The zero-order chi connectivity index (χ0) is 14.5. The van der Waals surface area contributed by atoms with E-state index in [0.29, 0.717) is 22.8 Å². The molecule has 0 heterocycles. The predicted octanol–water partition coefficient (Wildman–Crippen LogP) is 2.78. The van der Waals surface area contributed by atoms with Gasteiger partial charge in [-0.1, -0.05) is 6.42 Å². The molecule has 0 aromatic heterocycles. The number of ether oxygens (including phenoxy) is 2. The third kappa shape index (κ3) is 3.33. The van der Waals surface area contributed by atoms with Crippen molar-refractivity contribution in [3.63, 3.8) is 0 Å². The van der Waals surface area contributed by atoms with Gasteiger partial charge in [0.1, 0.15) is 0 Å². The van der Waals surface area contributed by atoms with E-state index in [1.807, 2.05) is 23.9 Å². The van der Waals surface area contributed by atoms with Crippen LogP contribution in [0.1, 0.15) is 24.8 Å². The molecule has 2 rings (SSSR count). The molecule has 5 heteroatoms. The first-order valence-electron chi connectivity index (χ1n) is 6.89. The van der Waals surface area contributed by atoms with Crippen molar-refractivity contribution in [2.24, 2.45) is 0 Å². The van der Waals surface area contributed by atoms with Crippen LogP contribution in [0.2, 0.25) is 0 Å². The molecule has 2 unspecified atom stereocenters. The highest BCUT2D eigenvalue weighted by Crippen LogP contribution is 2.37. The Balaban J connectivity index is 2.05. The number of aromatic hydroxyl groups is 1. The Kier molecular flexibility index (Phi) is 5.43. The third-order valence-electron chi connectivity index (χ3n) is 3.86. The van der Waals surface area contributed by atoms with Crippen LogP contribution in [0.3, 0.4) is 0 Å². The zero-order valence-electron chi connectivity index (χ0n) is 12.3. The topological polar surface area (TPSA) is 50.7 Å². The van der Waals surface area contributed by atoms with Gasteiger partial charge < -0.3 is 19.9 Å². The molecule has 1 aliphatic rings. The second-order valence-electron chi connectivity index (χ2n) is 5.04. The van der Waals surface area contributed by atoms with Gasteiger partial charge in [0, 0.05) is 17.8 Å². The van der Waals surface area contributed by atoms with Crippen molar-refractivity contribution in [3.05, 3.63) is 17.7 Å². The fraction of sp³-hybridized carbons (Fsp3) is 0.600. The first-order chi connectivity index (χ1) is 9.69. The number of nitrogens with one attached hydrogen (secondary N) is 1. The Morgan fingerprint density at radius 2 is 1.90 bits per heavy atom. The Morgan fingerprint density at radius 1 is 1.25 bits per heavy atom. The number of thioether (sulfide) groups is 1. The Labute approximate surface area is 124 Å². The zero-order valence-corrected chi connectivity index (χ0v) is 13.1. The molecule has 2 atom stereocenters. The SMILES string of the molecule is COc1cc(CNC2CCCC2SC)cc(OC)c1O. The van der Waals surface area contributed by atoms with Gasteiger partial charge in [-0.2, -0.15) is 11.8 Å². The molecule has 0 bridgehead atoms. The molecule has 1 saturated carbocycles. The molecular weight excluding hydrogens is 274 g/mol. The monoisotopic (exact) mass is 297 g/mol. The summed E-state index contributed by atoms with van der Waals surface area (Å²) in [4.78, 5) is 0. The second kappa shape index (κ2) is 7.09. The lowest BCUT2D eigenvalue weighted by Gasteiger charge is -2.20. The summed E-state index contributed by atoms with van der Waals surface area (Å²) in [5.41, 5.74) is 1.06. The number of hydrogen-bond acceptors (Lipinski definition) is 5. The number of hydrogen-bond donors (Lipinski definition) is 2. The van der Waals surface area contributed by atoms with E-state index in [-0.39, 0.29) is 5.75 Å². The van der Waals surface area contributed by atoms with E-state index in [4.69, 9.17) is 9.47 Å². The Bertz CT molecular complexity index is 428. The molecule has 1 aromatic rings. The molecule has 0 radical (unpaired) electrons. The van der Waals surface area contributed by atoms with E-state index in [9.17, 15) is 5.11 Å². The highest BCUT2D eigenvalue weighted by atomic mass is 32.2. The lowest BCUT2D eigenvalue weighted by Crippen LogP contribution is -2.33. The molecule has 0 aliphatic heterocycles. The molecule has 4 nitrogen and oxygen atoms in total. The summed E-state index contributed by atoms with van der Waals surface area (Å²) in [7, 11) is 3.10. The molecular formula is C15H23NO3S. The maximum absolute atomic E-state index is 9.90. The minimum atomic E-state index is 0.0570. The van der Waals surface area contributed by atoms with E-state index >= 15 is 0 Å². The summed E-state index contributed by atoms with van der Waals surface area (Å²) in [6, 6.07) is 4.28. The minimum Gasteiger partial charge on any atom is -0.502 e. The van der Waals surface area contributed by atoms with Crippen LogP contribution in [0.5, 0.6) is 17.2 Å². The minimum absolute atomic E-state index is 0.0570. The van der Waals surface area contributed by atoms with E-state index in [2.05, 4.69) is 11.6 Å². The number of methoxy groups -OCH3 is 2. The Hall–Kier alpha value is -1.07. The van der Waals surface area contributed by atoms with Crippen LogP contribution in [-0.4, -0.2) is 36.9 Å². The smallest absolute Gasteiger partial charge is 0.200 e. The van der Waals surface area contributed by atoms with Gasteiger partial charge in [0.15, 0.2) is 11.5 Å². The summed E-state index contributed by atoms with van der Waals surface area (Å²) in [5.74, 6) is 0.963. The first-order valence-corrected chi connectivity index (χ1v) is 8.18. The van der Waals surface area contributed by atoms with Gasteiger partial charge in [-0.05, 0) is 36.8 Å². The average Bonchev–Trinajstić information content (AvgIpc) is 2.93. The van der Waals surface area contributed by atoms with E-state index < -0.39 is 0 Å². The van der Waals surface area contributed by atoms with Crippen molar-refractivity contribution in [2.45, 2.75) is 37.1 Å². The average molecular weight is 297 g/mol. The Morgan fingerprint density at radius 3 is 2.45 bits per heavy atom. The third-order valence-corrected chi connectivity index (χ3v) is 5.03. The van der Waals surface area contributed by atoms with Gasteiger partial charge in [-0.15, -0.1) is 0 Å². The molecule has 0 amide bonds. The number of rotatable bonds is 6. The molecule has 112 valence electrons. The van der Waals surface area contributed by atoms with Crippen molar-refractivity contribution in [1.82, 2.24) is 5.32 Å². The van der Waals surface area contributed by atoms with E-state index in [1.165, 1.54) is 19.3 Å². The van der Waals surface area contributed by atoms with Crippen molar-refractivity contribution in [1.29, 1.82) is 0 Å². The summed E-state index contributed by atoms with van der Waals surface area (Å²) in [6.45, 7) is 0.759. The van der Waals surface area contributed by atoms with Crippen LogP contribution >= 0.6 is 11.8 Å². The van der Waals surface area contributed by atoms with Crippen LogP contribution in [0.15, 0.2) is 12.1 Å². The predicted molar refractivity (Wildman–Crippen MR) is 83.0 cm³/mol. The van der Waals surface area contributed by atoms with Crippen LogP contribution in [0.4, 0.5) is 0 Å². The van der Waals surface area contributed by atoms with Gasteiger partial charge in [0.25, 0.3) is 0 Å². The van der Waals surface area contributed by atoms with Crippen LogP contribution < -0.4 is 14.8 Å². The molecule has 0 spiro atoms. The largest absolute Gasteiger partial charge is 0.502 e. The van der Waals surface area contributed by atoms with Crippen LogP contribution in [-0.2, 0) is 6.54 Å². The van der Waals surface area contributed by atoms with Gasteiger partial charge in [-0.3, -0.25) is 0 Å². The standard InChI is InChI=1S/C15H23NO3S/c1-18-12-7-10(8-13(19-2)15(12)17)9-16-11-5-4-6-14(11)20-3/h7-8,11,14,16-17H,4-6,9H2,1-3H3. The maximum atomic E-state index is 9.90. The van der Waals surface area contributed by atoms with Crippen molar-refractivity contribution < 1.29 is 14.6 Å². The van der Waals surface area contributed by atoms with Crippen molar-refractivity contribution in [3.8, 4) is 17.2 Å². The number of benzene rings is 1. The van der Waals surface area contributed by atoms with Gasteiger partial charge >= 0.3 is 0 Å². The fourth-order valence-electron chi connectivity index (χ4n) is 2.74. The van der Waals surface area contributed by atoms with Crippen LogP contribution in [0, 0.1) is 0 Å². The second-order valence-corrected chi connectivity index (χ2v) is 6.12. The van der Waals surface area contributed by atoms with Crippen molar-refractivity contribution >= 4 is 11.8 Å². The fourth-order valence-corrected chi connectivity index (χ4v) is 3.70. The highest BCUT2D eigenvalue weighted by Gasteiger charge is 2.25. The lowest BCUT2D eigenvalue weighted by molar-refractivity contribution is 0.338. The van der Waals surface area contributed by atoms with Crippen LogP contribution in [0.25, 0.3) is 0 Å². The summed E-state index contributed by atoms with van der Waals surface area (Å²) in [5, 5.41) is 14.2. The quantitative estimate of drug-likeness (QED) is 0.845. The first kappa shape index (κ1) is 15.3. The normalized spacial score (nSPS) is 21.9. The van der Waals surface area contributed by atoms with Gasteiger partial charge in [-0.25, -0.2) is 0 Å². The van der Waals surface area contributed by atoms with E-state index in [1.54, 1.807) is 14.2 Å². The lowest BCUT2D eigenvalue weighted by atomic mass is 10.1. The molecule has 1 fully saturated rings. The highest BCUT2D eigenvalue weighted by molar-refractivity contribution is 7.99. The summed E-state index contributed by atoms with van der Waals surface area (Å²) < 4.78 is 10.4. The molecule has 2 N–H and O–H groups in total. The summed E-state index contributed by atoms with van der Waals surface area (Å²) >= 11 is 1.94. The summed E-state index contributed by atoms with van der Waals surface area (Å²) in [6.07, 6.45) is 6.00. The molecule has 1 aliphatic carbocycles. The van der Waals surface area contributed by atoms with E-state index in [0.717, 1.165) is 12.1 Å². The number of phenols is 1. The number of phenolic OH excluding ortho intramolecular Hbond substituents is 1. The van der Waals surface area contributed by atoms with Gasteiger partial charge in [0.2, 0.25) is 5.75 Å². The maximum Gasteiger partial charge on any atom is 0.200 e. The molecule has 0 saturated heterocycles. The molecule has 1 aromatic carbocycles. The molecule has 20 heavy (non-hydrogen) atoms. The van der Waals surface area contributed by atoms with Crippen molar-refractivity contribution in [2.75, 3.05) is 20.5 Å².